The van der Waals surface area contributed by atoms with Crippen molar-refractivity contribution >= 4 is 49.2 Å². The summed E-state index contributed by atoms with van der Waals surface area (Å²) in [5.41, 5.74) is 0.959. The van der Waals surface area contributed by atoms with Crippen LogP contribution < -0.4 is 10.6 Å². The highest BCUT2D eigenvalue weighted by Gasteiger charge is 2.46. The number of aromatic amines is 1. The summed E-state index contributed by atoms with van der Waals surface area (Å²) in [6.45, 7) is 1.95. The van der Waals surface area contributed by atoms with Gasteiger partial charge in [0.2, 0.25) is 11.1 Å². The molecule has 2 fully saturated rings. The van der Waals surface area contributed by atoms with E-state index >= 15 is 0 Å². The first-order chi connectivity index (χ1) is 16.9. The number of piperidine rings is 2. The fourth-order valence-corrected chi connectivity index (χ4v) is 8.08. The van der Waals surface area contributed by atoms with Crippen molar-refractivity contribution in [2.24, 2.45) is 7.05 Å². The molecule has 0 unspecified atom stereocenters. The van der Waals surface area contributed by atoms with Gasteiger partial charge in [0.15, 0.2) is 5.82 Å². The van der Waals surface area contributed by atoms with E-state index in [1.165, 1.54) is 6.20 Å². The second kappa shape index (κ2) is 8.57. The van der Waals surface area contributed by atoms with Crippen LogP contribution in [0, 0.1) is 6.92 Å². The molecule has 4 aromatic rings. The maximum atomic E-state index is 13.5. The van der Waals surface area contributed by atoms with Crippen LogP contribution in [-0.2, 0) is 17.1 Å². The predicted molar refractivity (Wildman–Crippen MR) is 134 cm³/mol. The fourth-order valence-electron chi connectivity index (χ4n) is 5.34. The highest BCUT2D eigenvalue weighted by atomic mass is 32.2. The lowest BCUT2D eigenvalue weighted by Crippen LogP contribution is -2.57. The van der Waals surface area contributed by atoms with Crippen molar-refractivity contribution in [3.8, 4) is 0 Å². The van der Waals surface area contributed by atoms with Crippen molar-refractivity contribution in [2.75, 3.05) is 10.6 Å². The molecule has 11 nitrogen and oxygen atoms in total. The molecule has 2 aliphatic rings. The number of fused-ring (bicyclic) bond motifs is 3. The van der Waals surface area contributed by atoms with Crippen LogP contribution in [0.2, 0.25) is 0 Å². The van der Waals surface area contributed by atoms with E-state index in [-0.39, 0.29) is 23.3 Å². The van der Waals surface area contributed by atoms with Gasteiger partial charge in [0.05, 0.1) is 5.39 Å². The maximum absolute atomic E-state index is 13.5. The number of H-pyrrole nitrogens is 1. The van der Waals surface area contributed by atoms with E-state index in [9.17, 15) is 8.42 Å². The van der Waals surface area contributed by atoms with Crippen LogP contribution in [0.5, 0.6) is 0 Å². The number of nitrogens with zero attached hydrogens (tertiary/aromatic N) is 6. The molecule has 0 saturated carbocycles. The molecule has 0 amide bonds. The lowest BCUT2D eigenvalue weighted by molar-refractivity contribution is 0.115. The Bertz CT molecular complexity index is 1460. The molecule has 184 valence electrons. The molecule has 2 bridgehead atoms. The second-order valence-electron chi connectivity index (χ2n) is 9.30. The maximum Gasteiger partial charge on any atom is 0.277 e. The summed E-state index contributed by atoms with van der Waals surface area (Å²) < 4.78 is 30.2. The Hall–Kier alpha value is -3.03. The Labute approximate surface area is 207 Å². The molecule has 0 aliphatic carbocycles. The molecular formula is C22H27N9O2S2. The lowest BCUT2D eigenvalue weighted by Gasteiger charge is -2.47. The molecule has 2 saturated heterocycles. The quantitative estimate of drug-likeness (QED) is 0.357. The Morgan fingerprint density at radius 3 is 2.69 bits per heavy atom. The predicted octanol–water partition coefficient (Wildman–Crippen LogP) is 3.39. The third-order valence-corrected chi connectivity index (χ3v) is 9.62. The zero-order chi connectivity index (χ0) is 24.2. The number of rotatable bonds is 6. The molecule has 3 N–H and O–H groups in total. The van der Waals surface area contributed by atoms with Gasteiger partial charge in [0.25, 0.3) is 10.0 Å². The normalized spacial score (nSPS) is 23.0. The number of aromatic nitrogens is 6. The third-order valence-electron chi connectivity index (χ3n) is 6.80. The standard InChI is InChI=1S/C22H27N9O2S2/c1-13-10-18(29-28-13)25-19-17-6-9-34-20(17)27-21(26-19)24-14-11-15-4-3-5-16(12-14)31(15)35(32,33)22-23-7-8-30(22)2/h6-10,14-16H,3-5,11-12H2,1-2H3,(H3,24,25,26,27,28,29)/t14-,15-,16+. The molecule has 35 heavy (non-hydrogen) atoms. The van der Waals surface area contributed by atoms with Gasteiger partial charge in [0, 0.05) is 49.3 Å². The van der Waals surface area contributed by atoms with Crippen molar-refractivity contribution in [2.45, 2.75) is 62.3 Å². The number of sulfonamides is 1. The first kappa shape index (κ1) is 22.4. The fraction of sp³-hybridized carbons (Fsp3) is 0.455. The van der Waals surface area contributed by atoms with E-state index in [1.807, 2.05) is 24.4 Å². The number of aryl methyl sites for hydroxylation is 2. The Morgan fingerprint density at radius 1 is 1.20 bits per heavy atom. The topological polar surface area (TPSA) is 134 Å². The van der Waals surface area contributed by atoms with Gasteiger partial charge in [-0.25, -0.2) is 18.4 Å². The first-order valence-electron chi connectivity index (χ1n) is 11.7. The number of imidazole rings is 1. The van der Waals surface area contributed by atoms with Crippen molar-refractivity contribution in [3.05, 3.63) is 35.6 Å². The Kier molecular flexibility index (Phi) is 5.49. The van der Waals surface area contributed by atoms with Gasteiger partial charge in [-0.15, -0.1) is 11.3 Å². The highest BCUT2D eigenvalue weighted by molar-refractivity contribution is 7.89. The van der Waals surface area contributed by atoms with Crippen molar-refractivity contribution in [1.29, 1.82) is 0 Å². The molecule has 4 aromatic heterocycles. The zero-order valence-electron chi connectivity index (χ0n) is 19.5. The summed E-state index contributed by atoms with van der Waals surface area (Å²) in [6, 6.07) is 3.85. The van der Waals surface area contributed by atoms with Crippen LogP contribution in [0.3, 0.4) is 0 Å². The van der Waals surface area contributed by atoms with Crippen molar-refractivity contribution in [3.63, 3.8) is 0 Å². The Morgan fingerprint density at radius 2 is 2.00 bits per heavy atom. The van der Waals surface area contributed by atoms with E-state index in [4.69, 9.17) is 9.97 Å². The molecule has 2 aliphatic heterocycles. The average Bonchev–Trinajstić information content (AvgIpc) is 3.54. The first-order valence-corrected chi connectivity index (χ1v) is 14.0. The van der Waals surface area contributed by atoms with Gasteiger partial charge in [-0.1, -0.05) is 6.42 Å². The van der Waals surface area contributed by atoms with Gasteiger partial charge in [-0.05, 0) is 44.1 Å². The van der Waals surface area contributed by atoms with Gasteiger partial charge in [-0.3, -0.25) is 5.10 Å². The number of anilines is 3. The van der Waals surface area contributed by atoms with Gasteiger partial charge in [0.1, 0.15) is 10.6 Å². The molecule has 6 heterocycles. The van der Waals surface area contributed by atoms with Crippen molar-refractivity contribution < 1.29 is 8.42 Å². The average molecular weight is 514 g/mol. The molecule has 13 heteroatoms. The highest BCUT2D eigenvalue weighted by Crippen LogP contribution is 2.39. The summed E-state index contributed by atoms with van der Waals surface area (Å²) in [4.78, 5) is 14.5. The molecule has 0 aromatic carbocycles. The van der Waals surface area contributed by atoms with Gasteiger partial charge < -0.3 is 15.2 Å². The minimum absolute atomic E-state index is 0.0724. The van der Waals surface area contributed by atoms with E-state index in [0.717, 1.165) is 35.2 Å². The minimum atomic E-state index is -3.66. The molecular weight excluding hydrogens is 486 g/mol. The van der Waals surface area contributed by atoms with Crippen LogP contribution in [-0.4, -0.2) is 60.6 Å². The Balaban J connectivity index is 1.25. The van der Waals surface area contributed by atoms with Crippen LogP contribution in [0.1, 0.15) is 37.8 Å². The zero-order valence-corrected chi connectivity index (χ0v) is 21.1. The smallest absolute Gasteiger partial charge is 0.277 e. The number of thiophene rings is 1. The summed E-state index contributed by atoms with van der Waals surface area (Å²) in [5.74, 6) is 1.93. The van der Waals surface area contributed by atoms with Crippen molar-refractivity contribution in [1.82, 2.24) is 34.0 Å². The van der Waals surface area contributed by atoms with Crippen LogP contribution >= 0.6 is 11.3 Å². The monoisotopic (exact) mass is 513 g/mol. The van der Waals surface area contributed by atoms with Crippen LogP contribution in [0.15, 0.2) is 35.1 Å². The molecule has 6 rings (SSSR count). The SMILES string of the molecule is Cc1cc(Nc2nc(N[C@@H]3C[C@H]4CCC[C@@H](C3)N4S(=O)(=O)c3nccn3C)nc3sccc23)n[nH]1. The van der Waals surface area contributed by atoms with Crippen LogP contribution in [0.4, 0.5) is 17.6 Å². The second-order valence-corrected chi connectivity index (χ2v) is 11.9. The third kappa shape index (κ3) is 4.06. The van der Waals surface area contributed by atoms with E-state index in [0.29, 0.717) is 30.4 Å². The van der Waals surface area contributed by atoms with Crippen LogP contribution in [0.25, 0.3) is 10.2 Å². The van der Waals surface area contributed by atoms with E-state index in [1.54, 1.807) is 33.5 Å². The summed E-state index contributed by atoms with van der Waals surface area (Å²) in [7, 11) is -1.94. The van der Waals surface area contributed by atoms with E-state index in [2.05, 4.69) is 25.8 Å². The number of hydrogen-bond donors (Lipinski definition) is 3. The minimum Gasteiger partial charge on any atom is -0.351 e. The van der Waals surface area contributed by atoms with Gasteiger partial charge in [-0.2, -0.15) is 14.4 Å². The largest absolute Gasteiger partial charge is 0.351 e. The molecule has 0 radical (unpaired) electrons. The molecule has 3 atom stereocenters. The van der Waals surface area contributed by atoms with E-state index < -0.39 is 10.0 Å². The van der Waals surface area contributed by atoms with Gasteiger partial charge >= 0.3 is 0 Å². The summed E-state index contributed by atoms with van der Waals surface area (Å²) >= 11 is 1.56. The summed E-state index contributed by atoms with van der Waals surface area (Å²) in [6.07, 6.45) is 7.32. The lowest BCUT2D eigenvalue weighted by atomic mass is 9.84. The number of hydrogen-bond acceptors (Lipinski definition) is 9. The number of nitrogens with one attached hydrogen (secondary N) is 3. The summed E-state index contributed by atoms with van der Waals surface area (Å²) in [5, 5.41) is 17.0. The molecule has 0 spiro atoms.